The second-order valence-electron chi connectivity index (χ2n) is 13.5. The zero-order chi connectivity index (χ0) is 31.3. The van der Waals surface area contributed by atoms with Crippen molar-refractivity contribution in [2.24, 2.45) is 10.8 Å². The number of amides is 6. The van der Waals surface area contributed by atoms with E-state index in [0.717, 1.165) is 51.4 Å². The predicted molar refractivity (Wildman–Crippen MR) is 169 cm³/mol. The van der Waals surface area contributed by atoms with E-state index < -0.39 is 12.1 Å². The SMILES string of the molecule is CCCCCCCCCC(=O)NNC(=O)NCC1(C)CC(NC(=O)NNC(=O)CCCCCCCCC)CC(C)(C)C1. The number of hydrazine groups is 2. The third kappa shape index (κ3) is 18.8. The maximum absolute atomic E-state index is 12.5. The minimum Gasteiger partial charge on any atom is -0.336 e. The maximum atomic E-state index is 12.5. The van der Waals surface area contributed by atoms with Gasteiger partial charge in [-0.15, -0.1) is 0 Å². The fraction of sp³-hybridized carbons (Fsp3) is 0.875. The van der Waals surface area contributed by atoms with E-state index >= 15 is 0 Å². The first-order chi connectivity index (χ1) is 20.0. The van der Waals surface area contributed by atoms with Gasteiger partial charge in [-0.2, -0.15) is 0 Å². The van der Waals surface area contributed by atoms with Gasteiger partial charge in [-0.3, -0.25) is 20.4 Å². The molecule has 2 unspecified atom stereocenters. The van der Waals surface area contributed by atoms with Crippen LogP contribution in [0.2, 0.25) is 0 Å². The molecule has 6 N–H and O–H groups in total. The van der Waals surface area contributed by atoms with Crippen LogP contribution in [-0.2, 0) is 9.59 Å². The van der Waals surface area contributed by atoms with Crippen LogP contribution in [-0.4, -0.2) is 36.5 Å². The maximum Gasteiger partial charge on any atom is 0.333 e. The summed E-state index contributed by atoms with van der Waals surface area (Å²) in [5.74, 6) is -0.370. The summed E-state index contributed by atoms with van der Waals surface area (Å²) in [7, 11) is 0. The molecule has 0 bridgehead atoms. The summed E-state index contributed by atoms with van der Waals surface area (Å²) >= 11 is 0. The molecule has 244 valence electrons. The Morgan fingerprint density at radius 1 is 0.595 bits per heavy atom. The van der Waals surface area contributed by atoms with Crippen molar-refractivity contribution >= 4 is 23.9 Å². The summed E-state index contributed by atoms with van der Waals surface area (Å²) in [6.07, 6.45) is 19.0. The van der Waals surface area contributed by atoms with Gasteiger partial charge in [0.1, 0.15) is 0 Å². The van der Waals surface area contributed by atoms with E-state index in [1.165, 1.54) is 51.4 Å². The molecule has 0 radical (unpaired) electrons. The lowest BCUT2D eigenvalue weighted by molar-refractivity contribution is -0.122. The second-order valence-corrected chi connectivity index (χ2v) is 13.5. The van der Waals surface area contributed by atoms with Crippen LogP contribution in [0.15, 0.2) is 0 Å². The normalized spacial score (nSPS) is 19.4. The van der Waals surface area contributed by atoms with E-state index in [4.69, 9.17) is 0 Å². The van der Waals surface area contributed by atoms with E-state index in [1.807, 2.05) is 0 Å². The zero-order valence-electron chi connectivity index (χ0n) is 27.4. The van der Waals surface area contributed by atoms with E-state index in [2.05, 4.69) is 67.0 Å². The zero-order valence-corrected chi connectivity index (χ0v) is 27.4. The molecule has 1 fully saturated rings. The average Bonchev–Trinajstić information content (AvgIpc) is 2.92. The molecule has 2 atom stereocenters. The molecular formula is C32H62N6O4. The lowest BCUT2D eigenvalue weighted by Gasteiger charge is -2.46. The second kappa shape index (κ2) is 21.2. The summed E-state index contributed by atoms with van der Waals surface area (Å²) in [5.41, 5.74) is 9.66. The van der Waals surface area contributed by atoms with Gasteiger partial charge in [-0.1, -0.05) is 112 Å². The van der Waals surface area contributed by atoms with E-state index in [9.17, 15) is 19.2 Å². The van der Waals surface area contributed by atoms with Gasteiger partial charge in [-0.25, -0.2) is 20.4 Å². The molecule has 0 aromatic rings. The molecule has 0 heterocycles. The van der Waals surface area contributed by atoms with Crippen molar-refractivity contribution in [1.82, 2.24) is 32.3 Å². The number of nitrogens with one attached hydrogen (secondary N) is 6. The molecule has 6 amide bonds. The van der Waals surface area contributed by atoms with Crippen LogP contribution in [0.4, 0.5) is 9.59 Å². The highest BCUT2D eigenvalue weighted by Crippen LogP contribution is 2.45. The molecule has 1 saturated carbocycles. The first-order valence-electron chi connectivity index (χ1n) is 16.7. The fourth-order valence-electron chi connectivity index (χ4n) is 6.29. The van der Waals surface area contributed by atoms with Crippen molar-refractivity contribution in [3.8, 4) is 0 Å². The third-order valence-electron chi connectivity index (χ3n) is 8.10. The van der Waals surface area contributed by atoms with Crippen molar-refractivity contribution in [2.75, 3.05) is 6.54 Å². The average molecular weight is 595 g/mol. The highest BCUT2D eigenvalue weighted by atomic mass is 16.2. The van der Waals surface area contributed by atoms with Gasteiger partial charge in [0.25, 0.3) is 0 Å². The van der Waals surface area contributed by atoms with Gasteiger partial charge in [0, 0.05) is 25.4 Å². The quantitative estimate of drug-likeness (QED) is 0.0749. The first-order valence-corrected chi connectivity index (χ1v) is 16.7. The molecule has 1 rings (SSSR count). The van der Waals surface area contributed by atoms with Gasteiger partial charge < -0.3 is 10.6 Å². The van der Waals surface area contributed by atoms with Gasteiger partial charge in [0.2, 0.25) is 11.8 Å². The van der Waals surface area contributed by atoms with Crippen LogP contribution >= 0.6 is 0 Å². The number of urea groups is 2. The molecule has 0 saturated heterocycles. The Morgan fingerprint density at radius 3 is 1.55 bits per heavy atom. The Balaban J connectivity index is 2.32. The highest BCUT2D eigenvalue weighted by molar-refractivity contribution is 5.81. The number of unbranched alkanes of at least 4 members (excludes halogenated alkanes) is 12. The number of carbonyl (C=O) groups is 4. The van der Waals surface area contributed by atoms with Gasteiger partial charge >= 0.3 is 12.1 Å². The van der Waals surface area contributed by atoms with Crippen LogP contribution in [0.25, 0.3) is 0 Å². The molecule has 10 nitrogen and oxygen atoms in total. The van der Waals surface area contributed by atoms with Crippen molar-refractivity contribution in [3.05, 3.63) is 0 Å². The summed E-state index contributed by atoms with van der Waals surface area (Å²) in [6.45, 7) is 11.2. The molecular weight excluding hydrogens is 532 g/mol. The first kappa shape index (κ1) is 37.5. The van der Waals surface area contributed by atoms with Gasteiger partial charge in [-0.05, 0) is 42.9 Å². The molecule has 0 aromatic carbocycles. The molecule has 0 aromatic heterocycles. The molecule has 1 aliphatic rings. The molecule has 1 aliphatic carbocycles. The Kier molecular flexibility index (Phi) is 18.9. The standard InChI is InChI=1S/C32H62N6O4/c1-6-8-10-12-14-16-18-20-27(39)35-37-29(41)33-25-32(5)23-26(22-31(3,4)24-32)34-30(42)38-36-28(40)21-19-17-15-13-11-9-7-2/h26H,6-25H2,1-5H3,(H,35,39)(H,36,40)(H2,33,37,41)(H2,34,38,42). The van der Waals surface area contributed by atoms with Gasteiger partial charge in [0.15, 0.2) is 0 Å². The number of hydrogen-bond donors (Lipinski definition) is 6. The Morgan fingerprint density at radius 2 is 1.05 bits per heavy atom. The minimum absolute atomic E-state index is 0.0474. The molecule has 42 heavy (non-hydrogen) atoms. The number of rotatable bonds is 19. The molecule has 0 spiro atoms. The van der Waals surface area contributed by atoms with E-state index in [-0.39, 0.29) is 28.7 Å². The van der Waals surface area contributed by atoms with Crippen LogP contribution in [0.5, 0.6) is 0 Å². The van der Waals surface area contributed by atoms with Crippen LogP contribution in [0.3, 0.4) is 0 Å². The van der Waals surface area contributed by atoms with Crippen LogP contribution < -0.4 is 32.3 Å². The smallest absolute Gasteiger partial charge is 0.333 e. The lowest BCUT2D eigenvalue weighted by atomic mass is 9.62. The summed E-state index contributed by atoms with van der Waals surface area (Å²) in [5, 5.41) is 5.88. The van der Waals surface area contributed by atoms with Crippen LogP contribution in [0, 0.1) is 10.8 Å². The summed E-state index contributed by atoms with van der Waals surface area (Å²) in [6, 6.07) is -0.980. The lowest BCUT2D eigenvalue weighted by Crippen LogP contribution is -2.55. The highest BCUT2D eigenvalue weighted by Gasteiger charge is 2.42. The van der Waals surface area contributed by atoms with Crippen molar-refractivity contribution in [2.45, 2.75) is 163 Å². The fourth-order valence-corrected chi connectivity index (χ4v) is 6.29. The molecule has 0 aliphatic heterocycles. The summed E-state index contributed by atoms with van der Waals surface area (Å²) < 4.78 is 0. The monoisotopic (exact) mass is 594 g/mol. The van der Waals surface area contributed by atoms with E-state index in [1.54, 1.807) is 0 Å². The minimum atomic E-state index is -0.446. The number of carbonyl (C=O) groups excluding carboxylic acids is 4. The molecule has 10 heteroatoms. The number of hydrogen-bond acceptors (Lipinski definition) is 4. The summed E-state index contributed by atoms with van der Waals surface area (Å²) in [4.78, 5) is 49.1. The largest absolute Gasteiger partial charge is 0.336 e. The van der Waals surface area contributed by atoms with Crippen molar-refractivity contribution < 1.29 is 19.2 Å². The Bertz CT molecular complexity index is 806. The third-order valence-corrected chi connectivity index (χ3v) is 8.10. The van der Waals surface area contributed by atoms with Crippen molar-refractivity contribution in [3.63, 3.8) is 0 Å². The van der Waals surface area contributed by atoms with Crippen LogP contribution in [0.1, 0.15) is 157 Å². The predicted octanol–water partition coefficient (Wildman–Crippen LogP) is 6.51. The Labute approximate surface area is 255 Å². The van der Waals surface area contributed by atoms with Gasteiger partial charge in [0.05, 0.1) is 0 Å². The Hall–Kier alpha value is -2.52. The topological polar surface area (TPSA) is 140 Å². The van der Waals surface area contributed by atoms with Crippen molar-refractivity contribution in [1.29, 1.82) is 0 Å². The van der Waals surface area contributed by atoms with E-state index in [0.29, 0.717) is 25.8 Å².